The van der Waals surface area contributed by atoms with E-state index in [1.54, 1.807) is 0 Å². The zero-order valence-corrected chi connectivity index (χ0v) is 16.4. The SMILES string of the molecule is Cc1c(CN2CCN(C3CCCC3)[C@H](CCO)C2)[nH]c2ccc(Cl)cc12. The number of aliphatic hydroxyl groups is 1. The van der Waals surface area contributed by atoms with Crippen LogP contribution >= 0.6 is 11.6 Å². The van der Waals surface area contributed by atoms with Crippen LogP contribution in [-0.4, -0.2) is 58.2 Å². The van der Waals surface area contributed by atoms with E-state index in [0.29, 0.717) is 6.04 Å². The van der Waals surface area contributed by atoms with Gasteiger partial charge in [0.2, 0.25) is 0 Å². The highest BCUT2D eigenvalue weighted by Crippen LogP contribution is 2.30. The van der Waals surface area contributed by atoms with Crippen molar-refractivity contribution in [1.82, 2.24) is 14.8 Å². The minimum atomic E-state index is 0.283. The molecule has 0 bridgehead atoms. The minimum absolute atomic E-state index is 0.283. The fourth-order valence-corrected chi connectivity index (χ4v) is 5.11. The molecule has 1 aromatic heterocycles. The van der Waals surface area contributed by atoms with Crippen LogP contribution in [-0.2, 0) is 6.54 Å². The number of aromatic amines is 1. The largest absolute Gasteiger partial charge is 0.396 e. The standard InChI is InChI=1S/C21H30ClN3O/c1-15-19-12-16(22)6-7-20(19)23-21(15)14-24-9-10-25(17-4-2-3-5-17)18(13-24)8-11-26/h6-7,12,17-18,23,26H,2-5,8-11,13-14H2,1H3/t18-/m1/s1. The number of aromatic nitrogens is 1. The molecule has 0 amide bonds. The van der Waals surface area contributed by atoms with E-state index in [1.807, 2.05) is 6.07 Å². The molecule has 2 heterocycles. The van der Waals surface area contributed by atoms with Gasteiger partial charge < -0.3 is 10.1 Å². The lowest BCUT2D eigenvalue weighted by atomic mass is 10.0. The van der Waals surface area contributed by atoms with Crippen molar-refractivity contribution < 1.29 is 5.11 Å². The first-order valence-electron chi connectivity index (χ1n) is 10.0. The summed E-state index contributed by atoms with van der Waals surface area (Å²) >= 11 is 6.17. The Hall–Kier alpha value is -1.07. The molecule has 2 aliphatic rings. The number of fused-ring (bicyclic) bond motifs is 1. The number of hydrogen-bond donors (Lipinski definition) is 2. The molecule has 1 saturated carbocycles. The maximum atomic E-state index is 9.56. The van der Waals surface area contributed by atoms with Gasteiger partial charge in [-0.3, -0.25) is 9.80 Å². The number of piperazine rings is 1. The number of rotatable bonds is 5. The summed E-state index contributed by atoms with van der Waals surface area (Å²) < 4.78 is 0. The first-order valence-corrected chi connectivity index (χ1v) is 10.4. The van der Waals surface area contributed by atoms with Gasteiger partial charge in [0.15, 0.2) is 0 Å². The molecule has 1 atom stereocenters. The molecule has 2 fully saturated rings. The molecule has 0 spiro atoms. The summed E-state index contributed by atoms with van der Waals surface area (Å²) in [7, 11) is 0. The van der Waals surface area contributed by atoms with Gasteiger partial charge in [-0.1, -0.05) is 24.4 Å². The van der Waals surface area contributed by atoms with Crippen molar-refractivity contribution in [3.05, 3.63) is 34.5 Å². The second kappa shape index (κ2) is 7.89. The van der Waals surface area contributed by atoms with Crippen LogP contribution in [0.5, 0.6) is 0 Å². The Balaban J connectivity index is 1.48. The van der Waals surface area contributed by atoms with Gasteiger partial charge in [-0.05, 0) is 49.9 Å². The summed E-state index contributed by atoms with van der Waals surface area (Å²) in [5.74, 6) is 0. The van der Waals surface area contributed by atoms with Gasteiger partial charge >= 0.3 is 0 Å². The van der Waals surface area contributed by atoms with Crippen molar-refractivity contribution in [3.63, 3.8) is 0 Å². The van der Waals surface area contributed by atoms with Gasteiger partial charge in [0.1, 0.15) is 0 Å². The molecule has 142 valence electrons. The monoisotopic (exact) mass is 375 g/mol. The maximum Gasteiger partial charge on any atom is 0.0460 e. The summed E-state index contributed by atoms with van der Waals surface area (Å²) in [6.07, 6.45) is 6.29. The van der Waals surface area contributed by atoms with Crippen molar-refractivity contribution in [2.45, 2.75) is 57.7 Å². The summed E-state index contributed by atoms with van der Waals surface area (Å²) in [6, 6.07) is 7.29. The van der Waals surface area contributed by atoms with Gasteiger partial charge in [-0.15, -0.1) is 0 Å². The molecule has 1 aliphatic heterocycles. The van der Waals surface area contributed by atoms with E-state index in [2.05, 4.69) is 33.8 Å². The predicted molar refractivity (Wildman–Crippen MR) is 108 cm³/mol. The number of nitrogens with one attached hydrogen (secondary N) is 1. The third kappa shape index (κ3) is 3.65. The molecule has 26 heavy (non-hydrogen) atoms. The summed E-state index contributed by atoms with van der Waals surface area (Å²) in [6.45, 7) is 6.69. The molecule has 4 rings (SSSR count). The number of hydrogen-bond acceptors (Lipinski definition) is 3. The highest BCUT2D eigenvalue weighted by molar-refractivity contribution is 6.31. The molecule has 5 heteroatoms. The number of aryl methyl sites for hydroxylation is 1. The Labute approximate surface area is 161 Å². The van der Waals surface area contributed by atoms with Crippen LogP contribution in [0.2, 0.25) is 5.02 Å². The smallest absolute Gasteiger partial charge is 0.0460 e. The van der Waals surface area contributed by atoms with Gasteiger partial charge in [0, 0.05) is 66.5 Å². The number of nitrogens with zero attached hydrogens (tertiary/aromatic N) is 2. The quantitative estimate of drug-likeness (QED) is 0.831. The Bertz CT molecular complexity index is 753. The second-order valence-corrected chi connectivity index (χ2v) is 8.43. The Morgan fingerprint density at radius 2 is 2.04 bits per heavy atom. The van der Waals surface area contributed by atoms with Crippen molar-refractivity contribution in [1.29, 1.82) is 0 Å². The average Bonchev–Trinajstić information content (AvgIpc) is 3.26. The fourth-order valence-electron chi connectivity index (χ4n) is 4.94. The molecule has 1 aromatic carbocycles. The first kappa shape index (κ1) is 18.3. The number of H-pyrrole nitrogens is 1. The lowest BCUT2D eigenvalue weighted by molar-refractivity contribution is 0.0263. The van der Waals surface area contributed by atoms with Gasteiger partial charge in [-0.25, -0.2) is 0 Å². The maximum absolute atomic E-state index is 9.56. The van der Waals surface area contributed by atoms with Crippen LogP contribution < -0.4 is 0 Å². The molecule has 1 aliphatic carbocycles. The van der Waals surface area contributed by atoms with Crippen molar-refractivity contribution in [3.8, 4) is 0 Å². The average molecular weight is 376 g/mol. The topological polar surface area (TPSA) is 42.5 Å². The Kier molecular flexibility index (Phi) is 5.55. The Morgan fingerprint density at radius 1 is 1.23 bits per heavy atom. The highest BCUT2D eigenvalue weighted by Gasteiger charge is 2.33. The van der Waals surface area contributed by atoms with Crippen LogP contribution in [0.4, 0.5) is 0 Å². The van der Waals surface area contributed by atoms with Gasteiger partial charge in [-0.2, -0.15) is 0 Å². The predicted octanol–water partition coefficient (Wildman–Crippen LogP) is 3.94. The van der Waals surface area contributed by atoms with Crippen LogP contribution in [0.3, 0.4) is 0 Å². The molecule has 2 aromatic rings. The number of halogens is 1. The zero-order chi connectivity index (χ0) is 18.1. The number of aliphatic hydroxyl groups excluding tert-OH is 1. The molecule has 2 N–H and O–H groups in total. The summed E-state index contributed by atoms with van der Waals surface area (Å²) in [4.78, 5) is 8.83. The normalized spacial score (nSPS) is 23.3. The van der Waals surface area contributed by atoms with E-state index in [4.69, 9.17) is 11.6 Å². The first-order chi connectivity index (χ1) is 12.7. The van der Waals surface area contributed by atoms with Crippen LogP contribution in [0.25, 0.3) is 10.9 Å². The lowest BCUT2D eigenvalue weighted by Gasteiger charge is -2.44. The van der Waals surface area contributed by atoms with Gasteiger partial charge in [0.25, 0.3) is 0 Å². The number of benzene rings is 1. The van der Waals surface area contributed by atoms with Crippen LogP contribution in [0, 0.1) is 6.92 Å². The minimum Gasteiger partial charge on any atom is -0.396 e. The molecule has 0 radical (unpaired) electrons. The Morgan fingerprint density at radius 3 is 2.81 bits per heavy atom. The van der Waals surface area contributed by atoms with E-state index < -0.39 is 0 Å². The third-order valence-electron chi connectivity index (χ3n) is 6.37. The summed E-state index contributed by atoms with van der Waals surface area (Å²) in [5, 5.41) is 11.6. The lowest BCUT2D eigenvalue weighted by Crippen LogP contribution is -2.56. The third-order valence-corrected chi connectivity index (χ3v) is 6.61. The van der Waals surface area contributed by atoms with Crippen LogP contribution in [0.15, 0.2) is 18.2 Å². The van der Waals surface area contributed by atoms with E-state index in [-0.39, 0.29) is 6.61 Å². The van der Waals surface area contributed by atoms with E-state index in [9.17, 15) is 5.11 Å². The van der Waals surface area contributed by atoms with Crippen molar-refractivity contribution in [2.75, 3.05) is 26.2 Å². The fraction of sp³-hybridized carbons (Fsp3) is 0.619. The van der Waals surface area contributed by atoms with E-state index >= 15 is 0 Å². The second-order valence-electron chi connectivity index (χ2n) is 8.00. The van der Waals surface area contributed by atoms with Crippen molar-refractivity contribution in [2.24, 2.45) is 0 Å². The van der Waals surface area contributed by atoms with E-state index in [1.165, 1.54) is 47.8 Å². The van der Waals surface area contributed by atoms with Crippen molar-refractivity contribution >= 4 is 22.5 Å². The van der Waals surface area contributed by atoms with E-state index in [0.717, 1.165) is 43.7 Å². The molecule has 1 saturated heterocycles. The summed E-state index contributed by atoms with van der Waals surface area (Å²) in [5.41, 5.74) is 3.76. The zero-order valence-electron chi connectivity index (χ0n) is 15.7. The van der Waals surface area contributed by atoms with Gasteiger partial charge in [0.05, 0.1) is 0 Å². The highest BCUT2D eigenvalue weighted by atomic mass is 35.5. The molecular formula is C21H30ClN3O. The molecular weight excluding hydrogens is 346 g/mol. The van der Waals surface area contributed by atoms with Crippen LogP contribution in [0.1, 0.15) is 43.4 Å². The molecule has 4 nitrogen and oxygen atoms in total. The molecule has 0 unspecified atom stereocenters.